The van der Waals surface area contributed by atoms with E-state index in [1.54, 1.807) is 19.2 Å². The molecule has 1 saturated heterocycles. The first-order valence-electron chi connectivity index (χ1n) is 9.56. The van der Waals surface area contributed by atoms with Gasteiger partial charge in [0.25, 0.3) is 0 Å². The molecule has 0 radical (unpaired) electrons. The van der Waals surface area contributed by atoms with E-state index in [0.717, 1.165) is 11.3 Å². The molecule has 0 saturated carbocycles. The zero-order valence-corrected chi connectivity index (χ0v) is 17.9. The lowest BCUT2D eigenvalue weighted by Crippen LogP contribution is -2.45. The van der Waals surface area contributed by atoms with Crippen LogP contribution in [0.4, 0.5) is 0 Å². The highest BCUT2D eigenvalue weighted by Gasteiger charge is 2.33. The smallest absolute Gasteiger partial charge is 0.243 e. The molecule has 3 rings (SSSR count). The van der Waals surface area contributed by atoms with Crippen LogP contribution in [0.25, 0.3) is 0 Å². The molecule has 2 aromatic carbocycles. The molecule has 0 aliphatic carbocycles. The molecule has 0 aromatic heterocycles. The lowest BCUT2D eigenvalue weighted by molar-refractivity contribution is -0.126. The van der Waals surface area contributed by atoms with Crippen molar-refractivity contribution in [2.24, 2.45) is 5.92 Å². The van der Waals surface area contributed by atoms with Gasteiger partial charge < -0.3 is 10.1 Å². The van der Waals surface area contributed by atoms with E-state index >= 15 is 0 Å². The number of piperidine rings is 1. The Labute approximate surface area is 176 Å². The van der Waals surface area contributed by atoms with Crippen LogP contribution in [0, 0.1) is 5.92 Å². The summed E-state index contributed by atoms with van der Waals surface area (Å²) in [7, 11) is -2.01. The third-order valence-electron chi connectivity index (χ3n) is 5.08. The van der Waals surface area contributed by atoms with Gasteiger partial charge in [0.15, 0.2) is 0 Å². The van der Waals surface area contributed by atoms with Crippen LogP contribution >= 0.6 is 11.6 Å². The molecule has 6 nitrogen and oxygen atoms in total. The van der Waals surface area contributed by atoms with Crippen molar-refractivity contribution in [3.8, 4) is 5.75 Å². The van der Waals surface area contributed by atoms with E-state index in [-0.39, 0.29) is 23.3 Å². The maximum absolute atomic E-state index is 12.9. The third kappa shape index (κ3) is 5.50. The summed E-state index contributed by atoms with van der Waals surface area (Å²) >= 11 is 5.85. The quantitative estimate of drug-likeness (QED) is 0.723. The van der Waals surface area contributed by atoms with Crippen molar-refractivity contribution >= 4 is 27.5 Å². The Morgan fingerprint density at radius 2 is 1.86 bits per heavy atom. The van der Waals surface area contributed by atoms with Crippen LogP contribution in [-0.4, -0.2) is 45.4 Å². The molecule has 29 heavy (non-hydrogen) atoms. The summed E-state index contributed by atoms with van der Waals surface area (Å²) in [4.78, 5) is 12.8. The van der Waals surface area contributed by atoms with E-state index in [9.17, 15) is 13.2 Å². The van der Waals surface area contributed by atoms with E-state index in [1.165, 1.54) is 16.4 Å². The van der Waals surface area contributed by atoms with Gasteiger partial charge in [0.1, 0.15) is 5.75 Å². The molecule has 1 fully saturated rings. The molecule has 0 unspecified atom stereocenters. The largest absolute Gasteiger partial charge is 0.497 e. The number of hydrogen-bond acceptors (Lipinski definition) is 4. The van der Waals surface area contributed by atoms with E-state index in [4.69, 9.17) is 16.3 Å². The number of nitrogens with zero attached hydrogens (tertiary/aromatic N) is 1. The van der Waals surface area contributed by atoms with Crippen molar-refractivity contribution in [2.45, 2.75) is 24.2 Å². The minimum atomic E-state index is -3.63. The van der Waals surface area contributed by atoms with Gasteiger partial charge in [-0.1, -0.05) is 23.7 Å². The second-order valence-corrected chi connectivity index (χ2v) is 9.42. The predicted octanol–water partition coefficient (Wildman–Crippen LogP) is 3.11. The summed E-state index contributed by atoms with van der Waals surface area (Å²) in [6.45, 7) is 1.12. The zero-order chi connectivity index (χ0) is 20.9. The molecule has 1 aliphatic rings. The molecular formula is C21H25ClN2O4S. The number of hydrogen-bond donors (Lipinski definition) is 1. The van der Waals surface area contributed by atoms with Crippen molar-refractivity contribution in [1.29, 1.82) is 0 Å². The Balaban J connectivity index is 1.55. The Hall–Kier alpha value is -2.09. The number of benzene rings is 2. The molecule has 1 amide bonds. The lowest BCUT2D eigenvalue weighted by atomic mass is 9.99. The fourth-order valence-corrected chi connectivity index (χ4v) is 5.05. The number of nitrogens with one attached hydrogen (secondary N) is 1. The first kappa shape index (κ1) is 21.6. The Kier molecular flexibility index (Phi) is 7.16. The van der Waals surface area contributed by atoms with Gasteiger partial charge in [0.2, 0.25) is 15.9 Å². The number of halogens is 1. The van der Waals surface area contributed by atoms with Gasteiger partial charge in [0.05, 0.1) is 17.9 Å². The molecular weight excluding hydrogens is 412 g/mol. The van der Waals surface area contributed by atoms with Crippen molar-refractivity contribution in [3.05, 3.63) is 59.1 Å². The number of ether oxygens (including phenoxy) is 1. The lowest BCUT2D eigenvalue weighted by Gasteiger charge is -2.31. The van der Waals surface area contributed by atoms with Crippen LogP contribution in [0.2, 0.25) is 5.02 Å². The summed E-state index contributed by atoms with van der Waals surface area (Å²) in [6, 6.07) is 13.8. The van der Waals surface area contributed by atoms with Gasteiger partial charge in [0, 0.05) is 24.7 Å². The van der Waals surface area contributed by atoms with Crippen LogP contribution in [0.3, 0.4) is 0 Å². The van der Waals surface area contributed by atoms with Crippen molar-refractivity contribution < 1.29 is 17.9 Å². The first-order chi connectivity index (χ1) is 13.9. The normalized spacial score (nSPS) is 17.7. The summed E-state index contributed by atoms with van der Waals surface area (Å²) in [5, 5.41) is 3.42. The van der Waals surface area contributed by atoms with Gasteiger partial charge >= 0.3 is 0 Å². The Bertz CT molecular complexity index is 930. The van der Waals surface area contributed by atoms with Gasteiger partial charge in [-0.05, 0) is 61.2 Å². The second kappa shape index (κ2) is 9.61. The summed E-state index contributed by atoms with van der Waals surface area (Å²) in [5.41, 5.74) is 1.10. The highest BCUT2D eigenvalue weighted by molar-refractivity contribution is 7.89. The van der Waals surface area contributed by atoms with Gasteiger partial charge in [-0.25, -0.2) is 8.42 Å². The molecule has 1 aliphatic heterocycles. The fourth-order valence-electron chi connectivity index (χ4n) is 3.40. The zero-order valence-electron chi connectivity index (χ0n) is 16.3. The molecule has 0 spiro atoms. The van der Waals surface area contributed by atoms with Gasteiger partial charge in [-0.3, -0.25) is 4.79 Å². The highest BCUT2D eigenvalue weighted by Crippen LogP contribution is 2.25. The molecule has 2 aromatic rings. The Morgan fingerprint density at radius 3 is 2.52 bits per heavy atom. The average molecular weight is 437 g/mol. The maximum Gasteiger partial charge on any atom is 0.243 e. The van der Waals surface area contributed by atoms with Crippen LogP contribution in [0.15, 0.2) is 53.4 Å². The summed E-state index contributed by atoms with van der Waals surface area (Å²) in [6.07, 6.45) is 2.04. The number of rotatable bonds is 7. The number of carbonyl (C=O) groups is 1. The monoisotopic (exact) mass is 436 g/mol. The summed E-state index contributed by atoms with van der Waals surface area (Å²) in [5.74, 6) is 0.346. The van der Waals surface area contributed by atoms with E-state index in [1.807, 2.05) is 24.3 Å². The van der Waals surface area contributed by atoms with Crippen molar-refractivity contribution in [3.63, 3.8) is 0 Å². The Morgan fingerprint density at radius 1 is 1.17 bits per heavy atom. The molecule has 156 valence electrons. The molecule has 1 N–H and O–H groups in total. The number of carbonyl (C=O) groups excluding carboxylic acids is 1. The standard InChI is InChI=1S/C21H25ClN2O4S/c1-28-19-8-4-16(5-9-19)12-13-23-21(25)17-3-2-14-24(15-17)29(26,27)20-10-6-18(22)7-11-20/h4-11,17H,2-3,12-15H2,1H3,(H,23,25)/t17-/m0/s1. The van der Waals surface area contributed by atoms with Crippen molar-refractivity contribution in [1.82, 2.24) is 9.62 Å². The highest BCUT2D eigenvalue weighted by atomic mass is 35.5. The van der Waals surface area contributed by atoms with Gasteiger partial charge in [-0.2, -0.15) is 4.31 Å². The van der Waals surface area contributed by atoms with Gasteiger partial charge in [-0.15, -0.1) is 0 Å². The van der Waals surface area contributed by atoms with Crippen LogP contribution in [0.5, 0.6) is 5.75 Å². The number of amides is 1. The fraction of sp³-hybridized carbons (Fsp3) is 0.381. The first-order valence-corrected chi connectivity index (χ1v) is 11.4. The third-order valence-corrected chi connectivity index (χ3v) is 7.21. The topological polar surface area (TPSA) is 75.7 Å². The van der Waals surface area contributed by atoms with Crippen molar-refractivity contribution in [2.75, 3.05) is 26.7 Å². The summed E-state index contributed by atoms with van der Waals surface area (Å²) < 4.78 is 32.3. The minimum Gasteiger partial charge on any atom is -0.497 e. The predicted molar refractivity (Wildman–Crippen MR) is 113 cm³/mol. The molecule has 1 heterocycles. The van der Waals surface area contributed by atoms with E-state index in [2.05, 4.69) is 5.32 Å². The van der Waals surface area contributed by atoms with E-state index < -0.39 is 10.0 Å². The number of sulfonamides is 1. The van der Waals surface area contributed by atoms with Crippen LogP contribution in [-0.2, 0) is 21.2 Å². The van der Waals surface area contributed by atoms with E-state index in [0.29, 0.717) is 37.4 Å². The average Bonchev–Trinajstić information content (AvgIpc) is 2.74. The minimum absolute atomic E-state index is 0.102. The maximum atomic E-state index is 12.9. The van der Waals surface area contributed by atoms with Crippen LogP contribution in [0.1, 0.15) is 18.4 Å². The molecule has 1 atom stereocenters. The number of methoxy groups -OCH3 is 1. The van der Waals surface area contributed by atoms with Crippen LogP contribution < -0.4 is 10.1 Å². The molecule has 8 heteroatoms. The second-order valence-electron chi connectivity index (χ2n) is 7.05. The SMILES string of the molecule is COc1ccc(CCNC(=O)[C@H]2CCCN(S(=O)(=O)c3ccc(Cl)cc3)C2)cc1. The molecule has 0 bridgehead atoms.